The topological polar surface area (TPSA) is 38.5 Å². The Hall–Kier alpha value is -1.13. The average molecular weight is 294 g/mol. The molecular formula is C17H27FN2O. The van der Waals surface area contributed by atoms with Crippen molar-refractivity contribution in [3.63, 3.8) is 0 Å². The van der Waals surface area contributed by atoms with Gasteiger partial charge in [0.15, 0.2) is 0 Å². The van der Waals surface area contributed by atoms with Crippen LogP contribution >= 0.6 is 0 Å². The number of nitrogens with zero attached hydrogens (tertiary/aromatic N) is 1. The Morgan fingerprint density at radius 1 is 1.38 bits per heavy atom. The normalized spacial score (nSPS) is 17.4. The van der Waals surface area contributed by atoms with E-state index in [0.29, 0.717) is 17.4 Å². The minimum Gasteiger partial charge on any atom is -0.496 e. The van der Waals surface area contributed by atoms with Gasteiger partial charge in [-0.3, -0.25) is 0 Å². The molecule has 1 aliphatic rings. The Kier molecular flexibility index (Phi) is 6.00. The van der Waals surface area contributed by atoms with Gasteiger partial charge in [0.2, 0.25) is 0 Å². The molecule has 2 rings (SSSR count). The largest absolute Gasteiger partial charge is 0.496 e. The molecule has 21 heavy (non-hydrogen) atoms. The molecule has 0 heterocycles. The maximum Gasteiger partial charge on any atom is 0.131 e. The summed E-state index contributed by atoms with van der Waals surface area (Å²) < 4.78 is 19.3. The first kappa shape index (κ1) is 16.2. The molecule has 0 bridgehead atoms. The Bertz CT molecular complexity index is 446. The van der Waals surface area contributed by atoms with Crippen molar-refractivity contribution in [1.29, 1.82) is 0 Å². The second-order valence-electron chi connectivity index (χ2n) is 5.82. The summed E-state index contributed by atoms with van der Waals surface area (Å²) in [6, 6.07) is 5.24. The summed E-state index contributed by atoms with van der Waals surface area (Å²) >= 11 is 0. The highest BCUT2D eigenvalue weighted by Gasteiger charge is 2.23. The monoisotopic (exact) mass is 294 g/mol. The summed E-state index contributed by atoms with van der Waals surface area (Å²) in [4.78, 5) is 2.49. The first-order valence-corrected chi connectivity index (χ1v) is 7.99. The van der Waals surface area contributed by atoms with Crippen molar-refractivity contribution < 1.29 is 9.13 Å². The zero-order chi connectivity index (χ0) is 15.2. The summed E-state index contributed by atoms with van der Waals surface area (Å²) in [5, 5.41) is 0. The van der Waals surface area contributed by atoms with Gasteiger partial charge in [-0.05, 0) is 37.9 Å². The Morgan fingerprint density at radius 3 is 2.71 bits per heavy atom. The lowest BCUT2D eigenvalue weighted by Gasteiger charge is -2.28. The molecule has 2 N–H and O–H groups in total. The van der Waals surface area contributed by atoms with Gasteiger partial charge in [-0.25, -0.2) is 4.39 Å². The predicted molar refractivity (Wildman–Crippen MR) is 84.0 cm³/mol. The van der Waals surface area contributed by atoms with E-state index in [2.05, 4.69) is 11.8 Å². The molecule has 1 saturated carbocycles. The van der Waals surface area contributed by atoms with Gasteiger partial charge in [0.25, 0.3) is 0 Å². The predicted octanol–water partition coefficient (Wildman–Crippen LogP) is 3.49. The van der Waals surface area contributed by atoms with Crippen molar-refractivity contribution in [2.45, 2.75) is 51.1 Å². The standard InChI is InChI=1S/C17H27FN2O/c1-3-20(13-7-4-5-8-13)12-11-15(19)17-14(18)9-6-10-16(17)21-2/h6,9-10,13,15H,3-5,7-8,11-12,19H2,1-2H3. The van der Waals surface area contributed by atoms with Crippen molar-refractivity contribution in [3.05, 3.63) is 29.6 Å². The minimum atomic E-state index is -0.323. The smallest absolute Gasteiger partial charge is 0.131 e. The van der Waals surface area contributed by atoms with Crippen LogP contribution in [0.25, 0.3) is 0 Å². The van der Waals surface area contributed by atoms with Crippen molar-refractivity contribution in [2.75, 3.05) is 20.2 Å². The van der Waals surface area contributed by atoms with E-state index in [-0.39, 0.29) is 11.9 Å². The van der Waals surface area contributed by atoms with Gasteiger partial charge in [0.05, 0.1) is 7.11 Å². The van der Waals surface area contributed by atoms with Crippen LogP contribution in [0.5, 0.6) is 5.75 Å². The molecule has 4 heteroatoms. The van der Waals surface area contributed by atoms with E-state index in [9.17, 15) is 4.39 Å². The lowest BCUT2D eigenvalue weighted by molar-refractivity contribution is 0.201. The van der Waals surface area contributed by atoms with E-state index in [1.165, 1.54) is 31.7 Å². The first-order chi connectivity index (χ1) is 10.2. The molecule has 3 nitrogen and oxygen atoms in total. The van der Waals surface area contributed by atoms with E-state index in [0.717, 1.165) is 19.5 Å². The highest BCUT2D eigenvalue weighted by atomic mass is 19.1. The second kappa shape index (κ2) is 7.76. The van der Waals surface area contributed by atoms with Crippen LogP contribution in [0, 0.1) is 5.82 Å². The number of rotatable bonds is 7. The number of ether oxygens (including phenoxy) is 1. The molecular weight excluding hydrogens is 267 g/mol. The Balaban J connectivity index is 1.99. The quantitative estimate of drug-likeness (QED) is 0.836. The number of halogens is 1. The van der Waals surface area contributed by atoms with Crippen LogP contribution in [0.15, 0.2) is 18.2 Å². The third kappa shape index (κ3) is 3.95. The fourth-order valence-corrected chi connectivity index (χ4v) is 3.37. The van der Waals surface area contributed by atoms with Crippen LogP contribution in [0.3, 0.4) is 0 Å². The molecule has 1 aromatic carbocycles. The number of benzene rings is 1. The van der Waals surface area contributed by atoms with Crippen LogP contribution in [0.1, 0.15) is 50.6 Å². The van der Waals surface area contributed by atoms with E-state index in [4.69, 9.17) is 10.5 Å². The van der Waals surface area contributed by atoms with Crippen LogP contribution in [0.2, 0.25) is 0 Å². The summed E-state index contributed by atoms with van der Waals surface area (Å²) in [6.07, 6.45) is 5.97. The lowest BCUT2D eigenvalue weighted by Crippen LogP contribution is -2.35. The molecule has 1 unspecified atom stereocenters. The van der Waals surface area contributed by atoms with E-state index in [1.54, 1.807) is 19.2 Å². The molecule has 0 radical (unpaired) electrons. The maximum absolute atomic E-state index is 14.0. The number of hydrogen-bond donors (Lipinski definition) is 1. The van der Waals surface area contributed by atoms with Crippen LogP contribution in [-0.2, 0) is 0 Å². The molecule has 118 valence electrons. The summed E-state index contributed by atoms with van der Waals surface area (Å²) in [5.74, 6) is 0.275. The second-order valence-corrected chi connectivity index (χ2v) is 5.82. The van der Waals surface area contributed by atoms with E-state index < -0.39 is 0 Å². The van der Waals surface area contributed by atoms with Gasteiger partial charge in [0.1, 0.15) is 11.6 Å². The zero-order valence-corrected chi connectivity index (χ0v) is 13.1. The summed E-state index contributed by atoms with van der Waals surface area (Å²) in [5.41, 5.74) is 6.73. The fraction of sp³-hybridized carbons (Fsp3) is 0.647. The molecule has 0 aliphatic heterocycles. The van der Waals surface area contributed by atoms with E-state index in [1.807, 2.05) is 0 Å². The first-order valence-electron chi connectivity index (χ1n) is 7.99. The van der Waals surface area contributed by atoms with Crippen molar-refractivity contribution in [2.24, 2.45) is 5.73 Å². The SMILES string of the molecule is CCN(CCC(N)c1c(F)cccc1OC)C1CCCC1. The molecule has 1 fully saturated rings. The Morgan fingerprint density at radius 2 is 2.10 bits per heavy atom. The van der Waals surface area contributed by atoms with Gasteiger partial charge in [0, 0.05) is 24.2 Å². The summed E-state index contributed by atoms with van der Waals surface area (Å²) in [7, 11) is 1.56. The molecule has 0 aromatic heterocycles. The molecule has 0 spiro atoms. The number of nitrogens with two attached hydrogens (primary N) is 1. The number of hydrogen-bond acceptors (Lipinski definition) is 3. The van der Waals surface area contributed by atoms with Gasteiger partial charge in [-0.2, -0.15) is 0 Å². The highest BCUT2D eigenvalue weighted by Crippen LogP contribution is 2.29. The summed E-state index contributed by atoms with van der Waals surface area (Å²) in [6.45, 7) is 4.14. The van der Waals surface area contributed by atoms with Crippen molar-refractivity contribution in [3.8, 4) is 5.75 Å². The number of methoxy groups -OCH3 is 1. The Labute approximate surface area is 127 Å². The molecule has 1 aromatic rings. The van der Waals surface area contributed by atoms with Crippen LogP contribution < -0.4 is 10.5 Å². The zero-order valence-electron chi connectivity index (χ0n) is 13.1. The van der Waals surface area contributed by atoms with Gasteiger partial charge in [-0.1, -0.05) is 25.8 Å². The third-order valence-corrected chi connectivity index (χ3v) is 4.58. The van der Waals surface area contributed by atoms with Gasteiger partial charge in [-0.15, -0.1) is 0 Å². The molecule has 0 amide bonds. The van der Waals surface area contributed by atoms with Gasteiger partial charge < -0.3 is 15.4 Å². The highest BCUT2D eigenvalue weighted by molar-refractivity contribution is 5.37. The third-order valence-electron chi connectivity index (χ3n) is 4.58. The molecule has 1 atom stereocenters. The van der Waals surface area contributed by atoms with Crippen molar-refractivity contribution >= 4 is 0 Å². The lowest BCUT2D eigenvalue weighted by atomic mass is 10.0. The molecule has 0 saturated heterocycles. The van der Waals surface area contributed by atoms with Crippen LogP contribution in [-0.4, -0.2) is 31.1 Å². The molecule has 1 aliphatic carbocycles. The average Bonchev–Trinajstić information content (AvgIpc) is 3.01. The van der Waals surface area contributed by atoms with Gasteiger partial charge >= 0.3 is 0 Å². The maximum atomic E-state index is 14.0. The van der Waals surface area contributed by atoms with Crippen molar-refractivity contribution in [1.82, 2.24) is 4.90 Å². The minimum absolute atomic E-state index is 0.272. The van der Waals surface area contributed by atoms with Crippen LogP contribution in [0.4, 0.5) is 4.39 Å². The fourth-order valence-electron chi connectivity index (χ4n) is 3.37. The van der Waals surface area contributed by atoms with E-state index >= 15 is 0 Å².